The molecule has 3 rings (SSSR count). The fourth-order valence-electron chi connectivity index (χ4n) is 1.96. The molecule has 0 saturated heterocycles. The molecule has 21 heavy (non-hydrogen) atoms. The normalized spacial score (nSPS) is 11.0. The van der Waals surface area contributed by atoms with Crippen molar-refractivity contribution in [3.8, 4) is 0 Å². The first kappa shape index (κ1) is 15.2. The van der Waals surface area contributed by atoms with E-state index < -0.39 is 0 Å². The van der Waals surface area contributed by atoms with Crippen LogP contribution >= 0.6 is 50.6 Å². The molecule has 0 unspecified atom stereocenters. The molecule has 0 amide bonds. The number of anilines is 1. The van der Waals surface area contributed by atoms with E-state index in [0.717, 1.165) is 30.6 Å². The zero-order chi connectivity index (χ0) is 14.8. The summed E-state index contributed by atoms with van der Waals surface area (Å²) in [5.74, 6) is 0. The predicted octanol–water partition coefficient (Wildman–Crippen LogP) is 6.05. The van der Waals surface area contributed by atoms with Crippen molar-refractivity contribution in [1.29, 1.82) is 0 Å². The number of hydrogen-bond donors (Lipinski definition) is 1. The molecule has 0 radical (unpaired) electrons. The molecule has 2 nitrogen and oxygen atoms in total. The minimum Gasteiger partial charge on any atom is -0.381 e. The number of fused-ring (bicyclic) bond motifs is 1. The molecule has 0 atom stereocenters. The third-order valence-electron chi connectivity index (χ3n) is 3.04. The van der Waals surface area contributed by atoms with Gasteiger partial charge < -0.3 is 5.32 Å². The van der Waals surface area contributed by atoms with Gasteiger partial charge >= 0.3 is 0 Å². The summed E-state index contributed by atoms with van der Waals surface area (Å²) in [7, 11) is 0. The Morgan fingerprint density at radius 1 is 1.29 bits per heavy atom. The quantitative estimate of drug-likeness (QED) is 0.541. The van der Waals surface area contributed by atoms with E-state index in [1.165, 1.54) is 4.70 Å². The zero-order valence-electron chi connectivity index (χ0n) is 11.2. The minimum atomic E-state index is 0.700. The SMILES string of the molecule is CSc1nc2ccc(NCc3ccc(Br)cc3Cl)cc2s1. The van der Waals surface area contributed by atoms with E-state index in [9.17, 15) is 0 Å². The van der Waals surface area contributed by atoms with E-state index in [1.807, 2.05) is 24.5 Å². The smallest absolute Gasteiger partial charge is 0.150 e. The fourth-order valence-corrected chi connectivity index (χ4v) is 4.23. The molecule has 0 aliphatic carbocycles. The Balaban J connectivity index is 1.78. The van der Waals surface area contributed by atoms with E-state index in [1.54, 1.807) is 23.1 Å². The fraction of sp³-hybridized carbons (Fsp3) is 0.133. The number of halogens is 2. The van der Waals surface area contributed by atoms with Gasteiger partial charge in [-0.05, 0) is 42.2 Å². The van der Waals surface area contributed by atoms with Crippen molar-refractivity contribution in [3.63, 3.8) is 0 Å². The van der Waals surface area contributed by atoms with Gasteiger partial charge in [-0.2, -0.15) is 0 Å². The van der Waals surface area contributed by atoms with Crippen LogP contribution in [0, 0.1) is 0 Å². The second-order valence-corrected chi connectivity index (χ2v) is 7.86. The maximum Gasteiger partial charge on any atom is 0.150 e. The van der Waals surface area contributed by atoms with Gasteiger partial charge in [0.15, 0.2) is 4.34 Å². The Kier molecular flexibility index (Phi) is 4.74. The average Bonchev–Trinajstić information content (AvgIpc) is 2.88. The lowest BCUT2D eigenvalue weighted by Crippen LogP contribution is -1.99. The van der Waals surface area contributed by atoms with Crippen molar-refractivity contribution in [1.82, 2.24) is 4.98 Å². The van der Waals surface area contributed by atoms with Crippen molar-refractivity contribution in [2.45, 2.75) is 10.9 Å². The zero-order valence-corrected chi connectivity index (χ0v) is 15.2. The van der Waals surface area contributed by atoms with E-state index in [2.05, 4.69) is 44.4 Å². The van der Waals surface area contributed by atoms with Crippen LogP contribution in [0.1, 0.15) is 5.56 Å². The standard InChI is InChI=1S/C15H12BrClN2S2/c1-20-15-19-13-5-4-11(7-14(13)21-15)18-8-9-2-3-10(16)6-12(9)17/h2-7,18H,8H2,1H3. The topological polar surface area (TPSA) is 24.9 Å². The molecule has 0 saturated carbocycles. The Hall–Kier alpha value is -0.750. The summed E-state index contributed by atoms with van der Waals surface area (Å²) >= 11 is 13.0. The van der Waals surface area contributed by atoms with Crippen LogP contribution in [0.5, 0.6) is 0 Å². The highest BCUT2D eigenvalue weighted by Gasteiger charge is 2.05. The molecular weight excluding hydrogens is 388 g/mol. The molecule has 0 spiro atoms. The summed E-state index contributed by atoms with van der Waals surface area (Å²) in [5, 5.41) is 4.18. The molecular formula is C15H12BrClN2S2. The molecule has 2 aromatic carbocycles. The molecule has 6 heteroatoms. The van der Waals surface area contributed by atoms with Crippen LogP contribution in [0.3, 0.4) is 0 Å². The minimum absolute atomic E-state index is 0.700. The largest absolute Gasteiger partial charge is 0.381 e. The van der Waals surface area contributed by atoms with Crippen LogP contribution in [0.25, 0.3) is 10.2 Å². The highest BCUT2D eigenvalue weighted by molar-refractivity contribution is 9.10. The summed E-state index contributed by atoms with van der Waals surface area (Å²) in [6, 6.07) is 12.2. The van der Waals surface area contributed by atoms with Gasteiger partial charge in [0.25, 0.3) is 0 Å². The average molecular weight is 400 g/mol. The van der Waals surface area contributed by atoms with Crippen molar-refractivity contribution in [3.05, 3.63) is 51.5 Å². The van der Waals surface area contributed by atoms with Gasteiger partial charge in [0.05, 0.1) is 10.2 Å². The first-order chi connectivity index (χ1) is 10.2. The van der Waals surface area contributed by atoms with Crippen LogP contribution in [0.4, 0.5) is 5.69 Å². The number of nitrogens with one attached hydrogen (secondary N) is 1. The predicted molar refractivity (Wildman–Crippen MR) is 97.9 cm³/mol. The van der Waals surface area contributed by atoms with Crippen molar-refractivity contribution in [2.24, 2.45) is 0 Å². The van der Waals surface area contributed by atoms with E-state index >= 15 is 0 Å². The van der Waals surface area contributed by atoms with Crippen LogP contribution in [0.15, 0.2) is 45.2 Å². The van der Waals surface area contributed by atoms with Gasteiger partial charge in [-0.1, -0.05) is 45.4 Å². The molecule has 1 N–H and O–H groups in total. The number of rotatable bonds is 4. The molecule has 0 bridgehead atoms. The maximum atomic E-state index is 6.23. The summed E-state index contributed by atoms with van der Waals surface area (Å²) in [5.41, 5.74) is 3.21. The lowest BCUT2D eigenvalue weighted by molar-refractivity contribution is 1.15. The first-order valence-corrected chi connectivity index (χ1v) is 9.49. The molecule has 1 heterocycles. The summed E-state index contributed by atoms with van der Waals surface area (Å²) < 4.78 is 3.29. The summed E-state index contributed by atoms with van der Waals surface area (Å²) in [6.07, 6.45) is 2.05. The lowest BCUT2D eigenvalue weighted by atomic mass is 10.2. The Labute approximate surface area is 145 Å². The number of hydrogen-bond acceptors (Lipinski definition) is 4. The number of thioether (sulfide) groups is 1. The third kappa shape index (κ3) is 3.54. The number of nitrogens with zero attached hydrogens (tertiary/aromatic N) is 1. The van der Waals surface area contributed by atoms with Crippen molar-refractivity contribution < 1.29 is 0 Å². The molecule has 3 aromatic rings. The highest BCUT2D eigenvalue weighted by atomic mass is 79.9. The van der Waals surface area contributed by atoms with Crippen LogP contribution in [-0.2, 0) is 6.54 Å². The van der Waals surface area contributed by atoms with Crippen LogP contribution in [0.2, 0.25) is 5.02 Å². The number of thiazole rings is 1. The lowest BCUT2D eigenvalue weighted by Gasteiger charge is -2.08. The van der Waals surface area contributed by atoms with E-state index in [4.69, 9.17) is 11.6 Å². The first-order valence-electron chi connectivity index (χ1n) is 6.28. The van der Waals surface area contributed by atoms with E-state index in [0.29, 0.717) is 6.54 Å². The van der Waals surface area contributed by atoms with E-state index in [-0.39, 0.29) is 0 Å². The third-order valence-corrected chi connectivity index (χ3v) is 5.89. The Morgan fingerprint density at radius 3 is 2.90 bits per heavy atom. The second-order valence-electron chi connectivity index (χ2n) is 4.46. The van der Waals surface area contributed by atoms with Gasteiger partial charge in [-0.3, -0.25) is 0 Å². The van der Waals surface area contributed by atoms with Gasteiger partial charge in [-0.25, -0.2) is 4.98 Å². The Bertz CT molecular complexity index is 788. The van der Waals surface area contributed by atoms with Crippen molar-refractivity contribution >= 4 is 66.5 Å². The van der Waals surface area contributed by atoms with Gasteiger partial charge in [0.1, 0.15) is 0 Å². The molecule has 0 fully saturated rings. The summed E-state index contributed by atoms with van der Waals surface area (Å²) in [6.45, 7) is 0.700. The second kappa shape index (κ2) is 6.57. The monoisotopic (exact) mass is 398 g/mol. The van der Waals surface area contributed by atoms with Gasteiger partial charge in [0, 0.05) is 21.7 Å². The highest BCUT2D eigenvalue weighted by Crippen LogP contribution is 2.30. The molecule has 108 valence electrons. The van der Waals surface area contributed by atoms with Gasteiger partial charge in [-0.15, -0.1) is 11.3 Å². The molecule has 1 aromatic heterocycles. The molecule has 0 aliphatic rings. The van der Waals surface area contributed by atoms with Crippen LogP contribution < -0.4 is 5.32 Å². The maximum absolute atomic E-state index is 6.23. The molecule has 0 aliphatic heterocycles. The Morgan fingerprint density at radius 2 is 2.14 bits per heavy atom. The van der Waals surface area contributed by atoms with Crippen LogP contribution in [-0.4, -0.2) is 11.2 Å². The number of aromatic nitrogens is 1. The van der Waals surface area contributed by atoms with Crippen molar-refractivity contribution in [2.75, 3.05) is 11.6 Å². The number of benzene rings is 2. The van der Waals surface area contributed by atoms with Gasteiger partial charge in [0.2, 0.25) is 0 Å². The summed E-state index contributed by atoms with van der Waals surface area (Å²) in [4.78, 5) is 4.54.